The van der Waals surface area contributed by atoms with Crippen LogP contribution < -0.4 is 5.73 Å². The molecular weight excluding hydrogens is 344 g/mol. The quantitative estimate of drug-likeness (QED) is 0.636. The molecule has 0 aliphatic rings. The van der Waals surface area contributed by atoms with Gasteiger partial charge in [0.2, 0.25) is 0 Å². The first-order chi connectivity index (χ1) is 8.16. The van der Waals surface area contributed by atoms with Crippen molar-refractivity contribution in [2.24, 2.45) is 10.7 Å². The molecule has 0 amide bonds. The fraction of sp³-hybridized carbons (Fsp3) is 0. The van der Waals surface area contributed by atoms with Crippen molar-refractivity contribution >= 4 is 43.4 Å². The molecule has 0 heterocycles. The van der Waals surface area contributed by atoms with Crippen molar-refractivity contribution in [1.82, 2.24) is 0 Å². The van der Waals surface area contributed by atoms with E-state index in [2.05, 4.69) is 36.9 Å². The molecule has 0 spiro atoms. The van der Waals surface area contributed by atoms with Crippen molar-refractivity contribution in [3.63, 3.8) is 0 Å². The second-order valence-electron chi connectivity index (χ2n) is 3.46. The second-order valence-corrected chi connectivity index (χ2v) is 5.23. The summed E-state index contributed by atoms with van der Waals surface area (Å²) >= 11 is 6.86. The van der Waals surface area contributed by atoms with Gasteiger partial charge in [-0.2, -0.15) is 0 Å². The summed E-state index contributed by atoms with van der Waals surface area (Å²) < 4.78 is 1.89. The average Bonchev–Trinajstić information content (AvgIpc) is 2.35. The number of nitrogens with zero attached hydrogens (tertiary/aromatic N) is 1. The van der Waals surface area contributed by atoms with Crippen molar-refractivity contribution in [3.05, 3.63) is 63.0 Å². The van der Waals surface area contributed by atoms with Crippen molar-refractivity contribution in [2.45, 2.75) is 0 Å². The van der Waals surface area contributed by atoms with Crippen molar-refractivity contribution < 1.29 is 0 Å². The van der Waals surface area contributed by atoms with Gasteiger partial charge in [-0.15, -0.1) is 0 Å². The maximum absolute atomic E-state index is 5.96. The predicted octanol–water partition coefficient (Wildman–Crippen LogP) is 4.25. The second kappa shape index (κ2) is 5.47. The normalized spacial score (nSPS) is 11.5. The van der Waals surface area contributed by atoms with Crippen LogP contribution in [0.2, 0.25) is 0 Å². The van der Waals surface area contributed by atoms with Gasteiger partial charge in [-0.05, 0) is 34.1 Å². The molecule has 0 fully saturated rings. The van der Waals surface area contributed by atoms with Crippen LogP contribution in [0.4, 0.5) is 5.69 Å². The molecule has 0 atom stereocenters. The van der Waals surface area contributed by atoms with E-state index in [4.69, 9.17) is 5.73 Å². The standard InChI is InChI=1S/C13H10Br2N2/c14-10-6-7-11(15)12(8-10)17-13(16)9-4-2-1-3-5-9/h1-8H,(H2,16,17). The van der Waals surface area contributed by atoms with Crippen LogP contribution >= 0.6 is 31.9 Å². The van der Waals surface area contributed by atoms with E-state index >= 15 is 0 Å². The van der Waals surface area contributed by atoms with Gasteiger partial charge in [0.05, 0.1) is 5.69 Å². The smallest absolute Gasteiger partial charge is 0.131 e. The van der Waals surface area contributed by atoms with Gasteiger partial charge in [0.25, 0.3) is 0 Å². The summed E-state index contributed by atoms with van der Waals surface area (Å²) in [6.45, 7) is 0. The van der Waals surface area contributed by atoms with Gasteiger partial charge < -0.3 is 5.73 Å². The van der Waals surface area contributed by atoms with E-state index in [1.54, 1.807) is 0 Å². The van der Waals surface area contributed by atoms with E-state index in [9.17, 15) is 0 Å². The summed E-state index contributed by atoms with van der Waals surface area (Å²) in [6, 6.07) is 15.5. The number of halogens is 2. The Balaban J connectivity index is 2.39. The molecule has 2 aromatic rings. The van der Waals surface area contributed by atoms with Crippen molar-refractivity contribution in [3.8, 4) is 0 Å². The van der Waals surface area contributed by atoms with Crippen LogP contribution in [0, 0.1) is 0 Å². The van der Waals surface area contributed by atoms with Crippen LogP contribution in [0.15, 0.2) is 62.5 Å². The minimum atomic E-state index is 0.504. The van der Waals surface area contributed by atoms with E-state index in [0.29, 0.717) is 5.84 Å². The summed E-state index contributed by atoms with van der Waals surface area (Å²) in [5, 5.41) is 0. The first-order valence-corrected chi connectivity index (χ1v) is 6.60. The third-order valence-corrected chi connectivity index (χ3v) is 3.38. The molecule has 0 aliphatic carbocycles. The molecule has 86 valence electrons. The molecule has 0 aliphatic heterocycles. The van der Waals surface area contributed by atoms with Crippen LogP contribution in [0.25, 0.3) is 0 Å². The summed E-state index contributed by atoms with van der Waals surface area (Å²) in [5.74, 6) is 0.504. The largest absolute Gasteiger partial charge is 0.383 e. The molecule has 4 heteroatoms. The summed E-state index contributed by atoms with van der Waals surface area (Å²) in [4.78, 5) is 4.41. The van der Waals surface area contributed by atoms with Crippen LogP contribution in [-0.4, -0.2) is 5.84 Å². The van der Waals surface area contributed by atoms with E-state index in [-0.39, 0.29) is 0 Å². The number of amidine groups is 1. The molecule has 0 radical (unpaired) electrons. The Morgan fingerprint density at radius 1 is 1.00 bits per heavy atom. The van der Waals surface area contributed by atoms with Crippen molar-refractivity contribution in [1.29, 1.82) is 0 Å². The van der Waals surface area contributed by atoms with E-state index in [0.717, 1.165) is 20.2 Å². The van der Waals surface area contributed by atoms with Crippen LogP contribution in [-0.2, 0) is 0 Å². The lowest BCUT2D eigenvalue weighted by Crippen LogP contribution is -2.12. The third kappa shape index (κ3) is 3.17. The maximum Gasteiger partial charge on any atom is 0.131 e. The fourth-order valence-electron chi connectivity index (χ4n) is 1.37. The predicted molar refractivity (Wildman–Crippen MR) is 78.7 cm³/mol. The summed E-state index contributed by atoms with van der Waals surface area (Å²) in [6.07, 6.45) is 0. The first-order valence-electron chi connectivity index (χ1n) is 5.01. The molecule has 0 aromatic heterocycles. The molecule has 2 nitrogen and oxygen atoms in total. The van der Waals surface area contributed by atoms with Crippen LogP contribution in [0.3, 0.4) is 0 Å². The number of nitrogens with two attached hydrogens (primary N) is 1. The highest BCUT2D eigenvalue weighted by atomic mass is 79.9. The number of hydrogen-bond donors (Lipinski definition) is 1. The number of hydrogen-bond acceptors (Lipinski definition) is 1. The zero-order valence-electron chi connectivity index (χ0n) is 8.90. The van der Waals surface area contributed by atoms with E-state index < -0.39 is 0 Å². The SMILES string of the molecule is NC(=Nc1cc(Br)ccc1Br)c1ccccc1. The molecule has 0 saturated carbocycles. The number of aliphatic imine (C=N–C) groups is 1. The monoisotopic (exact) mass is 352 g/mol. The van der Waals surface area contributed by atoms with Gasteiger partial charge >= 0.3 is 0 Å². The number of rotatable bonds is 2. The molecular formula is C13H10Br2N2. The van der Waals surface area contributed by atoms with Gasteiger partial charge in [0.1, 0.15) is 5.84 Å². The lowest BCUT2D eigenvalue weighted by Gasteiger charge is -2.03. The minimum Gasteiger partial charge on any atom is -0.383 e. The molecule has 2 rings (SSSR count). The Bertz CT molecular complexity index is 551. The fourth-order valence-corrected chi connectivity index (χ4v) is 2.06. The summed E-state index contributed by atoms with van der Waals surface area (Å²) in [7, 11) is 0. The Morgan fingerprint density at radius 2 is 1.71 bits per heavy atom. The molecule has 2 aromatic carbocycles. The van der Waals surface area contributed by atoms with Crippen LogP contribution in [0.1, 0.15) is 5.56 Å². The Hall–Kier alpha value is -1.13. The lowest BCUT2D eigenvalue weighted by atomic mass is 10.2. The third-order valence-electron chi connectivity index (χ3n) is 2.22. The highest BCUT2D eigenvalue weighted by molar-refractivity contribution is 9.11. The minimum absolute atomic E-state index is 0.504. The average molecular weight is 354 g/mol. The van der Waals surface area contributed by atoms with E-state index in [1.807, 2.05) is 48.5 Å². The molecule has 17 heavy (non-hydrogen) atoms. The zero-order valence-corrected chi connectivity index (χ0v) is 12.1. The Labute approximate surface area is 117 Å². The topological polar surface area (TPSA) is 38.4 Å². The molecule has 0 unspecified atom stereocenters. The Kier molecular flexibility index (Phi) is 3.97. The van der Waals surface area contributed by atoms with Gasteiger partial charge in [0.15, 0.2) is 0 Å². The summed E-state index contributed by atoms with van der Waals surface area (Å²) in [5.41, 5.74) is 7.68. The highest BCUT2D eigenvalue weighted by Crippen LogP contribution is 2.28. The van der Waals surface area contributed by atoms with Crippen molar-refractivity contribution in [2.75, 3.05) is 0 Å². The van der Waals surface area contributed by atoms with Gasteiger partial charge in [-0.25, -0.2) is 4.99 Å². The molecule has 0 saturated heterocycles. The molecule has 2 N–H and O–H groups in total. The zero-order chi connectivity index (χ0) is 12.3. The van der Waals surface area contributed by atoms with Gasteiger partial charge in [-0.1, -0.05) is 46.3 Å². The lowest BCUT2D eigenvalue weighted by molar-refractivity contribution is 1.42. The maximum atomic E-state index is 5.96. The first kappa shape index (κ1) is 12.3. The van der Waals surface area contributed by atoms with Gasteiger partial charge in [0, 0.05) is 14.5 Å². The van der Waals surface area contributed by atoms with E-state index in [1.165, 1.54) is 0 Å². The number of benzene rings is 2. The Morgan fingerprint density at radius 3 is 2.41 bits per heavy atom. The molecule has 0 bridgehead atoms. The van der Waals surface area contributed by atoms with Crippen LogP contribution in [0.5, 0.6) is 0 Å². The highest BCUT2D eigenvalue weighted by Gasteiger charge is 2.02. The van der Waals surface area contributed by atoms with Gasteiger partial charge in [-0.3, -0.25) is 0 Å².